The Morgan fingerprint density at radius 3 is 2.47 bits per heavy atom. The molecule has 1 heterocycles. The normalized spacial score (nSPS) is 10.6. The quantitative estimate of drug-likeness (QED) is 0.662. The first-order chi connectivity index (χ1) is 9.25. The van der Waals surface area contributed by atoms with Crippen LogP contribution in [0.1, 0.15) is 11.1 Å². The fourth-order valence-corrected chi connectivity index (χ4v) is 2.12. The molecule has 0 amide bonds. The molecule has 0 aliphatic heterocycles. The van der Waals surface area contributed by atoms with E-state index in [0.29, 0.717) is 5.89 Å². The minimum absolute atomic E-state index is 0.681. The topological polar surface area (TPSA) is 26.0 Å². The maximum atomic E-state index is 5.88. The fraction of sp³-hybridized carbons (Fsp3) is 0.118. The predicted molar refractivity (Wildman–Crippen MR) is 76.8 cm³/mol. The Morgan fingerprint density at radius 1 is 0.895 bits per heavy atom. The number of hydrogen-bond acceptors (Lipinski definition) is 2. The molecule has 94 valence electrons. The van der Waals surface area contributed by atoms with Crippen molar-refractivity contribution in [1.29, 1.82) is 0 Å². The second-order valence-electron chi connectivity index (χ2n) is 4.64. The summed E-state index contributed by atoms with van der Waals surface area (Å²) in [5.74, 6) is 1.48. The van der Waals surface area contributed by atoms with Crippen molar-refractivity contribution in [2.75, 3.05) is 0 Å². The first-order valence-corrected chi connectivity index (χ1v) is 6.33. The van der Waals surface area contributed by atoms with Gasteiger partial charge in [0, 0.05) is 11.1 Å². The summed E-state index contributed by atoms with van der Waals surface area (Å²) in [5, 5.41) is 0. The number of rotatable bonds is 2. The number of aryl methyl sites for hydroxylation is 1. The minimum atomic E-state index is 0.681. The van der Waals surface area contributed by atoms with Crippen LogP contribution in [0, 0.1) is 13.8 Å². The molecule has 0 unspecified atom stereocenters. The van der Waals surface area contributed by atoms with Gasteiger partial charge in [-0.3, -0.25) is 0 Å². The third kappa shape index (κ3) is 2.17. The highest BCUT2D eigenvalue weighted by Crippen LogP contribution is 2.28. The molecule has 0 saturated heterocycles. The van der Waals surface area contributed by atoms with Crippen LogP contribution in [0.25, 0.3) is 22.8 Å². The second kappa shape index (κ2) is 4.73. The van der Waals surface area contributed by atoms with E-state index in [-0.39, 0.29) is 0 Å². The summed E-state index contributed by atoms with van der Waals surface area (Å²) < 4.78 is 5.88. The van der Waals surface area contributed by atoms with Gasteiger partial charge in [-0.15, -0.1) is 0 Å². The highest BCUT2D eigenvalue weighted by atomic mass is 16.4. The van der Waals surface area contributed by atoms with E-state index >= 15 is 0 Å². The number of nitrogens with zero attached hydrogens (tertiary/aromatic N) is 1. The number of oxazole rings is 1. The van der Waals surface area contributed by atoms with E-state index in [9.17, 15) is 0 Å². The molecule has 3 rings (SSSR count). The van der Waals surface area contributed by atoms with Crippen LogP contribution >= 0.6 is 0 Å². The maximum absolute atomic E-state index is 5.88. The van der Waals surface area contributed by atoms with Gasteiger partial charge in [-0.25, -0.2) is 4.98 Å². The Morgan fingerprint density at radius 2 is 1.68 bits per heavy atom. The summed E-state index contributed by atoms with van der Waals surface area (Å²) in [6.07, 6.45) is 1.78. The minimum Gasteiger partial charge on any atom is -0.436 e. The SMILES string of the molecule is Cc1cccc(-c2ncc(-c3ccccc3)o2)c1C. The lowest BCUT2D eigenvalue weighted by molar-refractivity contribution is 0.588. The zero-order valence-corrected chi connectivity index (χ0v) is 11.1. The van der Waals surface area contributed by atoms with Crippen molar-refractivity contribution >= 4 is 0 Å². The standard InChI is InChI=1S/C17H15NO/c1-12-7-6-10-15(13(12)2)17-18-11-16(19-17)14-8-4-3-5-9-14/h3-11H,1-2H3. The first-order valence-electron chi connectivity index (χ1n) is 6.33. The van der Waals surface area contributed by atoms with Gasteiger partial charge in [-0.1, -0.05) is 42.5 Å². The lowest BCUT2D eigenvalue weighted by Gasteiger charge is -2.04. The molecule has 0 spiro atoms. The molecular formula is C17H15NO. The Hall–Kier alpha value is -2.35. The molecule has 2 heteroatoms. The van der Waals surface area contributed by atoms with E-state index in [1.165, 1.54) is 11.1 Å². The summed E-state index contributed by atoms with van der Waals surface area (Å²) in [6, 6.07) is 16.2. The summed E-state index contributed by atoms with van der Waals surface area (Å²) in [7, 11) is 0. The van der Waals surface area contributed by atoms with E-state index in [4.69, 9.17) is 4.42 Å². The van der Waals surface area contributed by atoms with Crippen LogP contribution in [0.2, 0.25) is 0 Å². The molecule has 2 nitrogen and oxygen atoms in total. The molecule has 19 heavy (non-hydrogen) atoms. The van der Waals surface area contributed by atoms with Crippen LogP contribution in [-0.2, 0) is 0 Å². The summed E-state index contributed by atoms with van der Waals surface area (Å²) in [6.45, 7) is 4.19. The molecule has 0 fully saturated rings. The molecule has 0 saturated carbocycles. The van der Waals surface area contributed by atoms with Crippen molar-refractivity contribution in [3.8, 4) is 22.8 Å². The monoisotopic (exact) mass is 249 g/mol. The highest BCUT2D eigenvalue weighted by Gasteiger charge is 2.11. The van der Waals surface area contributed by atoms with E-state index in [1.54, 1.807) is 6.20 Å². The van der Waals surface area contributed by atoms with Crippen molar-refractivity contribution in [2.24, 2.45) is 0 Å². The van der Waals surface area contributed by atoms with Gasteiger partial charge in [0.2, 0.25) is 5.89 Å². The fourth-order valence-electron chi connectivity index (χ4n) is 2.12. The Balaban J connectivity index is 2.05. The van der Waals surface area contributed by atoms with Crippen LogP contribution in [0.5, 0.6) is 0 Å². The van der Waals surface area contributed by atoms with Gasteiger partial charge in [0.1, 0.15) is 0 Å². The molecule has 0 bridgehead atoms. The largest absolute Gasteiger partial charge is 0.436 e. The maximum Gasteiger partial charge on any atom is 0.226 e. The van der Waals surface area contributed by atoms with E-state index in [1.807, 2.05) is 42.5 Å². The average Bonchev–Trinajstić information content (AvgIpc) is 2.92. The van der Waals surface area contributed by atoms with Crippen molar-refractivity contribution in [1.82, 2.24) is 4.98 Å². The van der Waals surface area contributed by atoms with Gasteiger partial charge in [-0.2, -0.15) is 0 Å². The average molecular weight is 249 g/mol. The molecule has 0 radical (unpaired) electrons. The number of aromatic nitrogens is 1. The molecular weight excluding hydrogens is 234 g/mol. The van der Waals surface area contributed by atoms with Crippen molar-refractivity contribution in [3.63, 3.8) is 0 Å². The third-order valence-corrected chi connectivity index (χ3v) is 3.40. The first kappa shape index (κ1) is 11.7. The lowest BCUT2D eigenvalue weighted by atomic mass is 10.0. The Kier molecular flexibility index (Phi) is 2.92. The van der Waals surface area contributed by atoms with Gasteiger partial charge in [0.25, 0.3) is 0 Å². The lowest BCUT2D eigenvalue weighted by Crippen LogP contribution is -1.86. The summed E-state index contributed by atoms with van der Waals surface area (Å²) >= 11 is 0. The molecule has 0 aliphatic carbocycles. The molecule has 0 N–H and O–H groups in total. The van der Waals surface area contributed by atoms with E-state index < -0.39 is 0 Å². The van der Waals surface area contributed by atoms with Crippen LogP contribution < -0.4 is 0 Å². The van der Waals surface area contributed by atoms with Crippen molar-refractivity contribution in [3.05, 3.63) is 65.9 Å². The van der Waals surface area contributed by atoms with E-state index in [2.05, 4.69) is 24.9 Å². The summed E-state index contributed by atoms with van der Waals surface area (Å²) in [5.41, 5.74) is 4.56. The summed E-state index contributed by atoms with van der Waals surface area (Å²) in [4.78, 5) is 4.40. The van der Waals surface area contributed by atoms with Crippen LogP contribution in [0.4, 0.5) is 0 Å². The zero-order chi connectivity index (χ0) is 13.2. The molecule has 3 aromatic rings. The zero-order valence-electron chi connectivity index (χ0n) is 11.1. The molecule has 0 atom stereocenters. The smallest absolute Gasteiger partial charge is 0.226 e. The van der Waals surface area contributed by atoms with Gasteiger partial charge in [0.05, 0.1) is 6.20 Å². The number of hydrogen-bond donors (Lipinski definition) is 0. The predicted octanol–water partition coefficient (Wildman–Crippen LogP) is 4.63. The van der Waals surface area contributed by atoms with Crippen molar-refractivity contribution in [2.45, 2.75) is 13.8 Å². The Labute approximate surface area is 112 Å². The van der Waals surface area contributed by atoms with Crippen LogP contribution in [-0.4, -0.2) is 4.98 Å². The van der Waals surface area contributed by atoms with Gasteiger partial charge in [-0.05, 0) is 31.0 Å². The second-order valence-corrected chi connectivity index (χ2v) is 4.64. The highest BCUT2D eigenvalue weighted by molar-refractivity contribution is 5.64. The van der Waals surface area contributed by atoms with Gasteiger partial charge in [0.15, 0.2) is 5.76 Å². The molecule has 0 aliphatic rings. The van der Waals surface area contributed by atoms with Gasteiger partial charge >= 0.3 is 0 Å². The van der Waals surface area contributed by atoms with Crippen LogP contribution in [0.15, 0.2) is 59.1 Å². The Bertz CT molecular complexity index is 698. The molecule has 1 aromatic heterocycles. The third-order valence-electron chi connectivity index (χ3n) is 3.40. The van der Waals surface area contributed by atoms with Crippen molar-refractivity contribution < 1.29 is 4.42 Å². The van der Waals surface area contributed by atoms with Crippen LogP contribution in [0.3, 0.4) is 0 Å². The number of benzene rings is 2. The van der Waals surface area contributed by atoms with E-state index in [0.717, 1.165) is 16.9 Å². The molecule has 2 aromatic carbocycles. The van der Waals surface area contributed by atoms with Gasteiger partial charge < -0.3 is 4.42 Å².